The van der Waals surface area contributed by atoms with Gasteiger partial charge in [0, 0.05) is 6.21 Å². The molecule has 2 aromatic carbocycles. The van der Waals surface area contributed by atoms with Crippen LogP contribution < -0.4 is 0 Å². The van der Waals surface area contributed by atoms with Gasteiger partial charge in [-0.1, -0.05) is 64.5 Å². The van der Waals surface area contributed by atoms with Gasteiger partial charge in [0.2, 0.25) is 0 Å². The molecule has 122 valence electrons. The number of hydrogen-bond donors (Lipinski definition) is 1. The minimum Gasteiger partial charge on any atom is -0.478 e. The number of nitrogens with zero attached hydrogens (tertiary/aromatic N) is 1. The maximum Gasteiger partial charge on any atom is 0.333 e. The maximum atomic E-state index is 11.9. The highest BCUT2D eigenvalue weighted by molar-refractivity contribution is 9.10. The van der Waals surface area contributed by atoms with E-state index in [1.165, 1.54) is 0 Å². The highest BCUT2D eigenvalue weighted by atomic mass is 79.9. The van der Waals surface area contributed by atoms with Crippen molar-refractivity contribution in [3.8, 4) is 0 Å². The molecule has 1 N–H and O–H groups in total. The highest BCUT2D eigenvalue weighted by Crippen LogP contribution is 2.42. The van der Waals surface area contributed by atoms with Gasteiger partial charge < -0.3 is 5.11 Å². The monoisotopic (exact) mass is 383 g/mol. The molecule has 2 unspecified atom stereocenters. The number of carbonyl (C=O) groups is 1. The lowest BCUT2D eigenvalue weighted by Gasteiger charge is -2.29. The normalized spacial score (nSPS) is 23.0. The van der Waals surface area contributed by atoms with Crippen molar-refractivity contribution in [1.29, 1.82) is 0 Å². The topological polar surface area (TPSA) is 49.7 Å². The lowest BCUT2D eigenvalue weighted by atomic mass is 9.86. The predicted octanol–water partition coefficient (Wildman–Crippen LogP) is 4.73. The molecule has 0 saturated carbocycles. The molecule has 2 aromatic rings. The molecule has 3 nitrogen and oxygen atoms in total. The minimum atomic E-state index is -0.947. The summed E-state index contributed by atoms with van der Waals surface area (Å²) in [4.78, 5) is 16.5. The summed E-state index contributed by atoms with van der Waals surface area (Å²) in [7, 11) is 0. The largest absolute Gasteiger partial charge is 0.478 e. The average Bonchev–Trinajstić information content (AvgIpc) is 2.56. The maximum absolute atomic E-state index is 11.9. The number of aryl methyl sites for hydroxylation is 2. The highest BCUT2D eigenvalue weighted by Gasteiger charge is 2.35. The molecular formula is C20H18BrNO2. The Bertz CT molecular complexity index is 856. The van der Waals surface area contributed by atoms with Gasteiger partial charge in [-0.15, -0.1) is 0 Å². The van der Waals surface area contributed by atoms with Crippen LogP contribution in [-0.4, -0.2) is 17.3 Å². The first kappa shape index (κ1) is 16.7. The number of carboxylic acids is 1. The molecule has 24 heavy (non-hydrogen) atoms. The molecule has 3 rings (SSSR count). The fraction of sp³-hybridized carbons (Fsp3) is 0.200. The number of allylic oxidation sites excluding steroid dienone is 1. The number of aliphatic carboxylic acids is 1. The van der Waals surface area contributed by atoms with Crippen molar-refractivity contribution in [1.82, 2.24) is 0 Å². The van der Waals surface area contributed by atoms with E-state index < -0.39 is 16.3 Å². The molecule has 0 aliphatic carbocycles. The van der Waals surface area contributed by atoms with Gasteiger partial charge in [-0.2, -0.15) is 0 Å². The van der Waals surface area contributed by atoms with Gasteiger partial charge in [-0.05, 0) is 42.2 Å². The molecule has 2 atom stereocenters. The van der Waals surface area contributed by atoms with Crippen LogP contribution in [0.4, 0.5) is 0 Å². The van der Waals surface area contributed by atoms with E-state index in [1.807, 2.05) is 62.4 Å². The van der Waals surface area contributed by atoms with Crippen LogP contribution in [0.1, 0.15) is 28.3 Å². The van der Waals surface area contributed by atoms with E-state index in [1.54, 1.807) is 12.3 Å². The van der Waals surface area contributed by atoms with Crippen molar-refractivity contribution in [2.75, 3.05) is 0 Å². The van der Waals surface area contributed by atoms with Crippen molar-refractivity contribution in [2.24, 2.45) is 4.99 Å². The van der Waals surface area contributed by atoms with Gasteiger partial charge in [-0.3, -0.25) is 4.99 Å². The number of halogens is 1. The van der Waals surface area contributed by atoms with Crippen LogP contribution in [0, 0.1) is 13.8 Å². The fourth-order valence-corrected chi connectivity index (χ4v) is 3.89. The lowest BCUT2D eigenvalue weighted by Crippen LogP contribution is -2.27. The molecule has 0 bridgehead atoms. The van der Waals surface area contributed by atoms with Crippen LogP contribution in [-0.2, 0) is 9.12 Å². The summed E-state index contributed by atoms with van der Waals surface area (Å²) in [6.45, 7) is 3.98. The summed E-state index contributed by atoms with van der Waals surface area (Å²) in [5.74, 6) is -0.947. The molecule has 0 amide bonds. The number of alkyl halides is 1. The van der Waals surface area contributed by atoms with Crippen molar-refractivity contribution < 1.29 is 9.90 Å². The van der Waals surface area contributed by atoms with Crippen LogP contribution >= 0.6 is 15.9 Å². The van der Waals surface area contributed by atoms with E-state index in [0.717, 1.165) is 22.3 Å². The van der Waals surface area contributed by atoms with E-state index in [2.05, 4.69) is 20.9 Å². The van der Waals surface area contributed by atoms with Crippen LogP contribution in [0.5, 0.6) is 0 Å². The third-order valence-electron chi connectivity index (χ3n) is 4.36. The summed E-state index contributed by atoms with van der Waals surface area (Å²) >= 11 is 3.69. The van der Waals surface area contributed by atoms with E-state index >= 15 is 0 Å². The molecule has 0 radical (unpaired) electrons. The van der Waals surface area contributed by atoms with Gasteiger partial charge in [0.15, 0.2) is 0 Å². The first-order valence-electron chi connectivity index (χ1n) is 7.73. The second-order valence-corrected chi connectivity index (χ2v) is 7.34. The second-order valence-electron chi connectivity index (χ2n) is 6.03. The fourth-order valence-electron chi connectivity index (χ4n) is 3.08. The zero-order valence-corrected chi connectivity index (χ0v) is 15.1. The molecule has 4 heteroatoms. The van der Waals surface area contributed by atoms with Crippen molar-refractivity contribution in [2.45, 2.75) is 24.2 Å². The van der Waals surface area contributed by atoms with Gasteiger partial charge in [-0.25, -0.2) is 4.79 Å². The number of hydrogen-bond acceptors (Lipinski definition) is 2. The van der Waals surface area contributed by atoms with Crippen LogP contribution in [0.3, 0.4) is 0 Å². The molecule has 0 aromatic heterocycles. The Morgan fingerprint density at radius 2 is 1.71 bits per heavy atom. The van der Waals surface area contributed by atoms with Crippen molar-refractivity contribution in [3.05, 3.63) is 82.4 Å². The Hall–Kier alpha value is -2.20. The summed E-state index contributed by atoms with van der Waals surface area (Å²) < 4.78 is -0.703. The van der Waals surface area contributed by atoms with Gasteiger partial charge >= 0.3 is 5.97 Å². The second kappa shape index (κ2) is 6.36. The van der Waals surface area contributed by atoms with Crippen molar-refractivity contribution in [3.63, 3.8) is 0 Å². The Morgan fingerprint density at radius 1 is 1.08 bits per heavy atom. The number of aliphatic imine (C=N–C) groups is 1. The van der Waals surface area contributed by atoms with Crippen LogP contribution in [0.25, 0.3) is 0 Å². The molecule has 0 fully saturated rings. The molecular weight excluding hydrogens is 366 g/mol. The molecule has 1 aliphatic heterocycles. The van der Waals surface area contributed by atoms with Gasteiger partial charge in [0.25, 0.3) is 0 Å². The van der Waals surface area contributed by atoms with Gasteiger partial charge in [0.05, 0.1) is 5.57 Å². The number of dihydropyridines is 1. The summed E-state index contributed by atoms with van der Waals surface area (Å²) in [5, 5.41) is 9.75. The van der Waals surface area contributed by atoms with E-state index in [4.69, 9.17) is 0 Å². The first-order chi connectivity index (χ1) is 11.4. The smallest absolute Gasteiger partial charge is 0.333 e. The summed E-state index contributed by atoms with van der Waals surface area (Å²) in [5.41, 5.74) is 4.31. The number of carboxylic acid groups (broad SMARTS) is 1. The Kier molecular flexibility index (Phi) is 4.41. The minimum absolute atomic E-state index is 0.284. The third-order valence-corrected chi connectivity index (χ3v) is 5.22. The number of benzene rings is 2. The molecule has 1 aliphatic rings. The quantitative estimate of drug-likeness (QED) is 0.778. The zero-order valence-electron chi connectivity index (χ0n) is 13.5. The SMILES string of the molecule is Cc1ccccc1C1N=CC(Br)(c2ccccc2C)C=C1C(=O)O. The predicted molar refractivity (Wildman–Crippen MR) is 99.9 cm³/mol. The Labute approximate surface area is 149 Å². The van der Waals surface area contributed by atoms with Crippen molar-refractivity contribution >= 4 is 28.1 Å². The molecule has 0 spiro atoms. The van der Waals surface area contributed by atoms with E-state index in [-0.39, 0.29) is 5.57 Å². The Morgan fingerprint density at radius 3 is 2.33 bits per heavy atom. The average molecular weight is 384 g/mol. The summed E-state index contributed by atoms with van der Waals surface area (Å²) in [6.07, 6.45) is 3.57. The zero-order chi connectivity index (χ0) is 17.3. The van der Waals surface area contributed by atoms with E-state index in [0.29, 0.717) is 0 Å². The van der Waals surface area contributed by atoms with Crippen LogP contribution in [0.15, 0.2) is 65.2 Å². The standard InChI is InChI=1S/C20H18BrNO2/c1-13-7-3-5-9-15(13)18-16(19(23)24)11-20(21,12-22-18)17-10-6-4-8-14(17)2/h3-12,18H,1-2H3,(H,23,24). The molecule has 0 saturated heterocycles. The first-order valence-corrected chi connectivity index (χ1v) is 8.52. The summed E-state index contributed by atoms with van der Waals surface area (Å²) in [6, 6.07) is 15.2. The lowest BCUT2D eigenvalue weighted by molar-refractivity contribution is -0.133. The van der Waals surface area contributed by atoms with E-state index in [9.17, 15) is 9.90 Å². The third kappa shape index (κ3) is 2.94. The van der Waals surface area contributed by atoms with Crippen LogP contribution in [0.2, 0.25) is 0 Å². The van der Waals surface area contributed by atoms with Gasteiger partial charge in [0.1, 0.15) is 10.4 Å². The number of rotatable bonds is 3. The Balaban J connectivity index is 2.11. The molecule has 1 heterocycles.